The van der Waals surface area contributed by atoms with Crippen LogP contribution >= 0.6 is 0 Å². The Balaban J connectivity index is 0.843. The van der Waals surface area contributed by atoms with Crippen LogP contribution in [0.4, 0.5) is 0 Å². The van der Waals surface area contributed by atoms with Gasteiger partial charge in [-0.2, -0.15) is 0 Å². The van der Waals surface area contributed by atoms with Crippen molar-refractivity contribution in [1.29, 1.82) is 0 Å². The van der Waals surface area contributed by atoms with Crippen molar-refractivity contribution in [1.82, 2.24) is 0 Å². The Morgan fingerprint density at radius 2 is 1.18 bits per heavy atom. The average Bonchev–Trinajstić information content (AvgIpc) is 3.81. The first-order valence-corrected chi connectivity index (χ1v) is 11.6. The summed E-state index contributed by atoms with van der Waals surface area (Å²) in [4.78, 5) is 12.2. The van der Waals surface area contributed by atoms with Crippen molar-refractivity contribution in [2.75, 3.05) is 26.9 Å². The van der Waals surface area contributed by atoms with Crippen LogP contribution in [0.1, 0.15) is 10.4 Å². The standard InChI is InChI=1S/C23H26O11/c1-25-21-17-14(32-17)12(29-21)8-27-23-19-16(34-19)13(31-23)9-28-22-18-15(33-18)11(30-22)7-26-20(24)10-5-3-2-4-6-10/h2-6,11-19,21-23H,7-9H2,1H3/t11-,12-,13-,14+,15+,16+,17+,18+,19+,21+,22-,23+/m1/s1. The molecule has 0 unspecified atom stereocenters. The van der Waals surface area contributed by atoms with E-state index in [0.29, 0.717) is 12.2 Å². The van der Waals surface area contributed by atoms with Crippen LogP contribution in [0.15, 0.2) is 30.3 Å². The molecule has 0 aromatic heterocycles. The van der Waals surface area contributed by atoms with Gasteiger partial charge in [0.25, 0.3) is 0 Å². The van der Waals surface area contributed by atoms with Gasteiger partial charge in [0, 0.05) is 7.11 Å². The lowest BCUT2D eigenvalue weighted by atomic mass is 10.2. The minimum atomic E-state index is -0.534. The van der Waals surface area contributed by atoms with Gasteiger partial charge < -0.3 is 47.4 Å². The molecule has 7 rings (SSSR count). The van der Waals surface area contributed by atoms with Gasteiger partial charge in [0.05, 0.1) is 18.8 Å². The molecule has 0 aliphatic carbocycles. The fourth-order valence-corrected chi connectivity index (χ4v) is 5.00. The predicted octanol–water partition coefficient (Wildman–Crippen LogP) is -0.0001000. The van der Waals surface area contributed by atoms with E-state index in [-0.39, 0.29) is 74.4 Å². The second kappa shape index (κ2) is 8.47. The Labute approximate surface area is 195 Å². The maximum Gasteiger partial charge on any atom is 0.338 e. The summed E-state index contributed by atoms with van der Waals surface area (Å²) in [5.74, 6) is -0.391. The number of hydrogen-bond donors (Lipinski definition) is 0. The second-order valence-corrected chi connectivity index (χ2v) is 9.19. The van der Waals surface area contributed by atoms with Crippen LogP contribution in [0.25, 0.3) is 0 Å². The number of carbonyl (C=O) groups is 1. The monoisotopic (exact) mass is 478 g/mol. The van der Waals surface area contributed by atoms with Gasteiger partial charge in [-0.05, 0) is 12.1 Å². The van der Waals surface area contributed by atoms with Gasteiger partial charge in [-0.15, -0.1) is 0 Å². The molecular formula is C23H26O11. The minimum Gasteiger partial charge on any atom is -0.459 e. The highest BCUT2D eigenvalue weighted by atomic mass is 16.8. The van der Waals surface area contributed by atoms with Gasteiger partial charge in [-0.3, -0.25) is 0 Å². The Morgan fingerprint density at radius 3 is 1.71 bits per heavy atom. The fraction of sp³-hybridized carbons (Fsp3) is 0.696. The molecule has 11 heteroatoms. The third kappa shape index (κ3) is 3.94. The highest BCUT2D eigenvalue weighted by Gasteiger charge is 2.63. The van der Waals surface area contributed by atoms with E-state index in [1.165, 1.54) is 0 Å². The maximum atomic E-state index is 12.2. The summed E-state index contributed by atoms with van der Waals surface area (Å²) in [5.41, 5.74) is 0.498. The Kier molecular flexibility index (Phi) is 5.38. The van der Waals surface area contributed by atoms with Gasteiger partial charge in [0.15, 0.2) is 18.9 Å². The van der Waals surface area contributed by atoms with E-state index in [4.69, 9.17) is 47.4 Å². The van der Waals surface area contributed by atoms with Gasteiger partial charge in [-0.25, -0.2) is 4.79 Å². The first kappa shape index (κ1) is 21.6. The Hall–Kier alpha value is -1.67. The van der Waals surface area contributed by atoms with Gasteiger partial charge in [0.1, 0.15) is 61.5 Å². The van der Waals surface area contributed by atoms with E-state index >= 15 is 0 Å². The number of rotatable bonds is 10. The summed E-state index contributed by atoms with van der Waals surface area (Å²) < 4.78 is 57.0. The van der Waals surface area contributed by atoms with Crippen molar-refractivity contribution in [3.05, 3.63) is 35.9 Å². The van der Waals surface area contributed by atoms with Gasteiger partial charge in [0.2, 0.25) is 0 Å². The van der Waals surface area contributed by atoms with Crippen LogP contribution in [0.5, 0.6) is 0 Å². The van der Waals surface area contributed by atoms with Crippen molar-refractivity contribution in [2.24, 2.45) is 0 Å². The molecule has 0 saturated carbocycles. The minimum absolute atomic E-state index is 0.000246. The van der Waals surface area contributed by atoms with Crippen molar-refractivity contribution >= 4 is 5.97 Å². The number of epoxide rings is 3. The highest BCUT2D eigenvalue weighted by molar-refractivity contribution is 5.89. The molecule has 0 N–H and O–H groups in total. The number of ether oxygens (including phenoxy) is 10. The highest BCUT2D eigenvalue weighted by Crippen LogP contribution is 2.44. The van der Waals surface area contributed by atoms with Crippen LogP contribution in [0.3, 0.4) is 0 Å². The largest absolute Gasteiger partial charge is 0.459 e. The number of benzene rings is 1. The fourth-order valence-electron chi connectivity index (χ4n) is 5.00. The Bertz CT molecular complexity index is 913. The summed E-state index contributed by atoms with van der Waals surface area (Å²) in [6.07, 6.45) is -2.57. The summed E-state index contributed by atoms with van der Waals surface area (Å²) in [5, 5.41) is 0. The quantitative estimate of drug-likeness (QED) is 0.334. The number of esters is 1. The molecule has 6 aliphatic heterocycles. The molecule has 6 saturated heterocycles. The number of hydrogen-bond acceptors (Lipinski definition) is 11. The smallest absolute Gasteiger partial charge is 0.338 e. The first-order valence-electron chi connectivity index (χ1n) is 11.6. The molecule has 34 heavy (non-hydrogen) atoms. The summed E-state index contributed by atoms with van der Waals surface area (Å²) in [6, 6.07) is 8.84. The summed E-state index contributed by atoms with van der Waals surface area (Å²) in [6.45, 7) is 0.740. The molecule has 184 valence electrons. The van der Waals surface area contributed by atoms with Crippen LogP contribution in [-0.2, 0) is 47.4 Å². The van der Waals surface area contributed by atoms with Crippen molar-refractivity contribution in [3.8, 4) is 0 Å². The molecule has 1 aromatic carbocycles. The molecular weight excluding hydrogens is 452 g/mol. The van der Waals surface area contributed by atoms with Crippen molar-refractivity contribution in [2.45, 2.75) is 73.8 Å². The molecule has 6 fully saturated rings. The number of methoxy groups -OCH3 is 1. The van der Waals surface area contributed by atoms with Crippen molar-refractivity contribution in [3.63, 3.8) is 0 Å². The van der Waals surface area contributed by atoms with E-state index in [0.717, 1.165) is 0 Å². The summed E-state index contributed by atoms with van der Waals surface area (Å²) in [7, 11) is 1.60. The topological polar surface area (TPSA) is 119 Å². The molecule has 1 aromatic rings. The summed E-state index contributed by atoms with van der Waals surface area (Å²) >= 11 is 0. The second-order valence-electron chi connectivity index (χ2n) is 9.19. The molecule has 0 amide bonds. The molecule has 0 bridgehead atoms. The van der Waals surface area contributed by atoms with Crippen LogP contribution in [0, 0.1) is 0 Å². The zero-order valence-electron chi connectivity index (χ0n) is 18.4. The third-order valence-corrected chi connectivity index (χ3v) is 6.99. The van der Waals surface area contributed by atoms with Crippen LogP contribution in [-0.4, -0.2) is 107 Å². The van der Waals surface area contributed by atoms with E-state index in [9.17, 15) is 4.79 Å². The normalized spacial score (nSPS) is 47.1. The van der Waals surface area contributed by atoms with Gasteiger partial charge >= 0.3 is 5.97 Å². The molecule has 6 aliphatic rings. The van der Waals surface area contributed by atoms with Crippen LogP contribution in [0.2, 0.25) is 0 Å². The molecule has 12 atom stereocenters. The number of carbonyl (C=O) groups excluding carboxylic acids is 1. The lowest BCUT2D eigenvalue weighted by molar-refractivity contribution is -0.231. The molecule has 0 radical (unpaired) electrons. The molecule has 6 heterocycles. The Morgan fingerprint density at radius 1 is 0.676 bits per heavy atom. The third-order valence-electron chi connectivity index (χ3n) is 6.99. The van der Waals surface area contributed by atoms with E-state index < -0.39 is 18.5 Å². The van der Waals surface area contributed by atoms with Gasteiger partial charge in [-0.1, -0.05) is 18.2 Å². The average molecular weight is 478 g/mol. The van der Waals surface area contributed by atoms with E-state index in [1.54, 1.807) is 31.4 Å². The SMILES string of the molecule is CO[C@H]1O[C@H](CO[C@H]2O[C@H](CO[C@@H]3O[C@H](COC(=O)c4ccccc4)[C@@H]4O[C@H]34)[C@@H]3O[C@H]23)[C@@H]2O[C@H]12. The predicted molar refractivity (Wildman–Crippen MR) is 108 cm³/mol. The molecule has 0 spiro atoms. The lowest BCUT2D eigenvalue weighted by Gasteiger charge is -2.22. The maximum absolute atomic E-state index is 12.2. The van der Waals surface area contributed by atoms with E-state index in [1.807, 2.05) is 6.07 Å². The molecule has 11 nitrogen and oxygen atoms in total. The van der Waals surface area contributed by atoms with Crippen molar-refractivity contribution < 1.29 is 52.2 Å². The zero-order valence-corrected chi connectivity index (χ0v) is 18.4. The van der Waals surface area contributed by atoms with E-state index in [2.05, 4.69) is 0 Å². The zero-order chi connectivity index (χ0) is 22.8. The lowest BCUT2D eigenvalue weighted by Crippen LogP contribution is -2.33. The first-order chi connectivity index (χ1) is 16.7. The number of fused-ring (bicyclic) bond motifs is 3. The van der Waals surface area contributed by atoms with Crippen LogP contribution < -0.4 is 0 Å².